The van der Waals surface area contributed by atoms with E-state index < -0.39 is 0 Å². The average Bonchev–Trinajstić information content (AvgIpc) is 3.14. The summed E-state index contributed by atoms with van der Waals surface area (Å²) in [5, 5.41) is 5.52. The van der Waals surface area contributed by atoms with Crippen LogP contribution in [0, 0.1) is 30.1 Å². The molecule has 0 spiro atoms. The molecule has 4 fully saturated rings. The maximum atomic E-state index is 13.0. The average molecular weight is 425 g/mol. The molecule has 5 nitrogen and oxygen atoms in total. The second kappa shape index (κ2) is 7.80. The fourth-order valence-electron chi connectivity index (χ4n) is 6.13. The minimum atomic E-state index is -0.235. The van der Waals surface area contributed by atoms with Crippen LogP contribution in [0.15, 0.2) is 29.6 Å². The molecule has 1 heterocycles. The summed E-state index contributed by atoms with van der Waals surface area (Å²) in [6, 6.07) is 7.72. The molecule has 2 aromatic rings. The Kier molecular flexibility index (Phi) is 5.13. The van der Waals surface area contributed by atoms with Gasteiger partial charge in [0.15, 0.2) is 0 Å². The highest BCUT2D eigenvalue weighted by atomic mass is 32.1. The summed E-state index contributed by atoms with van der Waals surface area (Å²) in [5.41, 5.74) is 2.44. The van der Waals surface area contributed by atoms with E-state index in [1.165, 1.54) is 30.6 Å². The van der Waals surface area contributed by atoms with E-state index in [9.17, 15) is 9.59 Å². The van der Waals surface area contributed by atoms with Gasteiger partial charge in [-0.05, 0) is 75.3 Å². The quantitative estimate of drug-likeness (QED) is 0.670. The van der Waals surface area contributed by atoms with Crippen LogP contribution < -0.4 is 5.32 Å². The molecule has 0 atom stereocenters. The molecule has 4 bridgehead atoms. The Morgan fingerprint density at radius 3 is 2.37 bits per heavy atom. The smallest absolute Gasteiger partial charge is 0.312 e. The number of carbonyl (C=O) groups is 2. The number of nitrogens with zero attached hydrogens (tertiary/aromatic N) is 1. The van der Waals surface area contributed by atoms with E-state index >= 15 is 0 Å². The third-order valence-corrected chi connectivity index (χ3v) is 7.97. The fraction of sp³-hybridized carbons (Fsp3) is 0.542. The number of aromatic nitrogens is 1. The van der Waals surface area contributed by atoms with Gasteiger partial charge in [-0.1, -0.05) is 17.7 Å². The first kappa shape index (κ1) is 19.7. The van der Waals surface area contributed by atoms with Gasteiger partial charge in [-0.25, -0.2) is 4.98 Å². The first-order valence-corrected chi connectivity index (χ1v) is 11.8. The van der Waals surface area contributed by atoms with E-state index in [1.807, 2.05) is 36.6 Å². The number of nitrogens with one attached hydrogen (secondary N) is 1. The minimum Gasteiger partial charge on any atom is -0.459 e. The van der Waals surface area contributed by atoms with Crippen molar-refractivity contribution in [1.82, 2.24) is 4.98 Å². The lowest BCUT2D eigenvalue weighted by molar-refractivity contribution is -0.173. The van der Waals surface area contributed by atoms with Gasteiger partial charge in [0.25, 0.3) is 0 Å². The molecule has 158 valence electrons. The summed E-state index contributed by atoms with van der Waals surface area (Å²) in [4.78, 5) is 29.7. The van der Waals surface area contributed by atoms with Crippen LogP contribution in [0.1, 0.15) is 54.8 Å². The van der Waals surface area contributed by atoms with E-state index in [0.29, 0.717) is 0 Å². The molecule has 4 aliphatic carbocycles. The molecule has 0 radical (unpaired) electrons. The lowest BCUT2D eigenvalue weighted by Gasteiger charge is -2.55. The highest BCUT2D eigenvalue weighted by molar-refractivity contribution is 7.09. The Morgan fingerprint density at radius 1 is 1.10 bits per heavy atom. The number of ether oxygens (including phenoxy) is 1. The molecule has 0 aliphatic heterocycles. The second-order valence-electron chi connectivity index (χ2n) is 9.60. The van der Waals surface area contributed by atoms with Gasteiger partial charge in [0, 0.05) is 11.1 Å². The zero-order valence-electron chi connectivity index (χ0n) is 17.4. The van der Waals surface area contributed by atoms with E-state index in [4.69, 9.17) is 4.74 Å². The van der Waals surface area contributed by atoms with Crippen LogP contribution in [-0.4, -0.2) is 16.9 Å². The number of aryl methyl sites for hydroxylation is 1. The van der Waals surface area contributed by atoms with Gasteiger partial charge in [-0.3, -0.25) is 9.59 Å². The number of carbonyl (C=O) groups excluding carboxylic acids is 2. The number of hydrogen-bond acceptors (Lipinski definition) is 5. The highest BCUT2D eigenvalue weighted by Crippen LogP contribution is 2.60. The summed E-state index contributed by atoms with van der Waals surface area (Å²) < 4.78 is 5.74. The first-order chi connectivity index (χ1) is 14.5. The van der Waals surface area contributed by atoms with Crippen molar-refractivity contribution < 1.29 is 14.3 Å². The predicted octanol–water partition coefficient (Wildman–Crippen LogP) is 4.89. The fourth-order valence-corrected chi connectivity index (χ4v) is 6.91. The monoisotopic (exact) mass is 424 g/mol. The summed E-state index contributed by atoms with van der Waals surface area (Å²) >= 11 is 1.44. The number of rotatable bonds is 6. The molecule has 6 rings (SSSR count). The van der Waals surface area contributed by atoms with Crippen molar-refractivity contribution in [2.45, 2.75) is 58.5 Å². The van der Waals surface area contributed by atoms with Crippen LogP contribution in [0.25, 0.3) is 0 Å². The van der Waals surface area contributed by atoms with E-state index in [0.717, 1.165) is 59.0 Å². The topological polar surface area (TPSA) is 68.3 Å². The van der Waals surface area contributed by atoms with Crippen molar-refractivity contribution in [3.05, 3.63) is 45.9 Å². The zero-order chi connectivity index (χ0) is 20.7. The SMILES string of the molecule is Cc1ccc(NC(=O)Cc2nc(COC(=O)C34CC5CC(CC(C5)C3)C4)cs2)cc1. The van der Waals surface area contributed by atoms with Crippen LogP contribution in [0.2, 0.25) is 0 Å². The highest BCUT2D eigenvalue weighted by Gasteiger charge is 2.55. The van der Waals surface area contributed by atoms with E-state index in [-0.39, 0.29) is 30.3 Å². The molecule has 0 saturated heterocycles. The second-order valence-corrected chi connectivity index (χ2v) is 10.5. The summed E-state index contributed by atoms with van der Waals surface area (Å²) in [6.07, 6.45) is 7.20. The van der Waals surface area contributed by atoms with Crippen LogP contribution >= 0.6 is 11.3 Å². The Labute approximate surface area is 181 Å². The molecule has 1 amide bonds. The maximum Gasteiger partial charge on any atom is 0.312 e. The summed E-state index contributed by atoms with van der Waals surface area (Å²) in [6.45, 7) is 2.22. The minimum absolute atomic E-state index is 0.0201. The van der Waals surface area contributed by atoms with Crippen LogP contribution in [0.3, 0.4) is 0 Å². The van der Waals surface area contributed by atoms with Gasteiger partial charge in [0.2, 0.25) is 5.91 Å². The van der Waals surface area contributed by atoms with Gasteiger partial charge in [0.05, 0.1) is 17.5 Å². The molecule has 0 unspecified atom stereocenters. The molecular weight excluding hydrogens is 396 g/mol. The maximum absolute atomic E-state index is 13.0. The zero-order valence-corrected chi connectivity index (χ0v) is 18.2. The Balaban J connectivity index is 1.14. The van der Waals surface area contributed by atoms with Crippen molar-refractivity contribution >= 4 is 28.9 Å². The van der Waals surface area contributed by atoms with Crippen molar-refractivity contribution in [1.29, 1.82) is 0 Å². The number of hydrogen-bond donors (Lipinski definition) is 1. The third kappa shape index (κ3) is 4.02. The van der Waals surface area contributed by atoms with Crippen molar-refractivity contribution in [2.24, 2.45) is 23.2 Å². The standard InChI is InChI=1S/C24H28N2O3S/c1-15-2-4-19(5-3-15)25-21(27)9-22-26-20(14-30-22)13-29-23(28)24-10-16-6-17(11-24)8-18(7-16)12-24/h2-5,14,16-18H,6-13H2,1H3,(H,25,27). The van der Waals surface area contributed by atoms with Gasteiger partial charge in [-0.15, -0.1) is 11.3 Å². The summed E-state index contributed by atoms with van der Waals surface area (Å²) in [5.74, 6) is 2.06. The third-order valence-electron chi connectivity index (χ3n) is 7.07. The van der Waals surface area contributed by atoms with Crippen molar-refractivity contribution in [2.75, 3.05) is 5.32 Å². The molecule has 6 heteroatoms. The molecule has 4 saturated carbocycles. The number of thiazole rings is 1. The Bertz CT molecular complexity index is 914. The van der Waals surface area contributed by atoms with Gasteiger partial charge in [-0.2, -0.15) is 0 Å². The van der Waals surface area contributed by atoms with Crippen LogP contribution in [0.5, 0.6) is 0 Å². The van der Waals surface area contributed by atoms with Crippen molar-refractivity contribution in [3.63, 3.8) is 0 Å². The number of anilines is 1. The molecule has 30 heavy (non-hydrogen) atoms. The molecule has 1 aromatic carbocycles. The Morgan fingerprint density at radius 2 is 1.73 bits per heavy atom. The van der Waals surface area contributed by atoms with Gasteiger partial charge < -0.3 is 10.1 Å². The van der Waals surface area contributed by atoms with Gasteiger partial charge in [0.1, 0.15) is 11.6 Å². The summed E-state index contributed by atoms with van der Waals surface area (Å²) in [7, 11) is 0. The first-order valence-electron chi connectivity index (χ1n) is 10.9. The lowest BCUT2D eigenvalue weighted by atomic mass is 9.49. The molecule has 4 aliphatic rings. The van der Waals surface area contributed by atoms with Gasteiger partial charge >= 0.3 is 5.97 Å². The van der Waals surface area contributed by atoms with Crippen LogP contribution in [0.4, 0.5) is 5.69 Å². The molecule has 1 N–H and O–H groups in total. The van der Waals surface area contributed by atoms with E-state index in [2.05, 4.69) is 10.3 Å². The van der Waals surface area contributed by atoms with Crippen LogP contribution in [-0.2, 0) is 27.4 Å². The number of amides is 1. The normalized spacial score (nSPS) is 29.0. The molecular formula is C24H28N2O3S. The lowest BCUT2D eigenvalue weighted by Crippen LogP contribution is -2.50. The number of esters is 1. The van der Waals surface area contributed by atoms with E-state index in [1.54, 1.807) is 0 Å². The largest absolute Gasteiger partial charge is 0.459 e. The predicted molar refractivity (Wildman–Crippen MR) is 116 cm³/mol. The van der Waals surface area contributed by atoms with Crippen molar-refractivity contribution in [3.8, 4) is 0 Å². The molecule has 1 aromatic heterocycles. The Hall–Kier alpha value is -2.21. The number of benzene rings is 1.